The van der Waals surface area contributed by atoms with E-state index in [4.69, 9.17) is 15.2 Å². The number of nitrogen functional groups attached to an aromatic ring is 1. The number of hydrogen-bond donors (Lipinski definition) is 2. The van der Waals surface area contributed by atoms with Gasteiger partial charge >= 0.3 is 0 Å². The second-order valence-electron chi connectivity index (χ2n) is 4.29. The molecule has 7 heteroatoms. The van der Waals surface area contributed by atoms with Gasteiger partial charge in [-0.3, -0.25) is 10.1 Å². The molecule has 1 aliphatic rings. The summed E-state index contributed by atoms with van der Waals surface area (Å²) < 4.78 is 10.7. The number of fused-ring (bicyclic) bond motifs is 1. The highest BCUT2D eigenvalue weighted by molar-refractivity contribution is 7.13. The third-order valence-corrected chi connectivity index (χ3v) is 3.92. The number of hydrogen-bond acceptors (Lipinski definition) is 6. The topological polar surface area (TPSA) is 86.1 Å². The molecule has 0 bridgehead atoms. The number of benzene rings is 1. The van der Waals surface area contributed by atoms with Gasteiger partial charge in [-0.05, 0) is 17.7 Å². The van der Waals surface area contributed by atoms with Crippen LogP contribution in [0.2, 0.25) is 0 Å². The van der Waals surface area contributed by atoms with Crippen LogP contribution >= 0.6 is 11.3 Å². The lowest BCUT2D eigenvalue weighted by Crippen LogP contribution is -1.92. The number of thiazole rings is 1. The molecule has 1 aromatic carbocycles. The summed E-state index contributed by atoms with van der Waals surface area (Å²) in [5.41, 5.74) is 10.4. The van der Waals surface area contributed by atoms with Crippen LogP contribution in [-0.4, -0.2) is 22.0 Å². The van der Waals surface area contributed by atoms with Gasteiger partial charge in [0.2, 0.25) is 6.79 Å². The fourth-order valence-electron chi connectivity index (χ4n) is 2.22. The van der Waals surface area contributed by atoms with Gasteiger partial charge in [-0.15, -0.1) is 11.3 Å². The average molecular weight is 286 g/mol. The minimum atomic E-state index is 0.251. The number of nitrogens with one attached hydrogen (secondary N) is 1. The quantitative estimate of drug-likeness (QED) is 0.756. The number of rotatable bonds is 2. The Morgan fingerprint density at radius 1 is 1.25 bits per heavy atom. The molecule has 0 spiro atoms. The summed E-state index contributed by atoms with van der Waals surface area (Å²) in [6.45, 7) is 0.251. The third-order valence-electron chi connectivity index (χ3n) is 3.13. The first-order valence-corrected chi connectivity index (χ1v) is 6.83. The van der Waals surface area contributed by atoms with Crippen molar-refractivity contribution in [1.29, 1.82) is 0 Å². The van der Waals surface area contributed by atoms with Crippen LogP contribution in [0.4, 0.5) is 5.82 Å². The van der Waals surface area contributed by atoms with E-state index in [1.165, 1.54) is 11.3 Å². The van der Waals surface area contributed by atoms with Gasteiger partial charge in [0.25, 0.3) is 0 Å². The van der Waals surface area contributed by atoms with Gasteiger partial charge < -0.3 is 15.2 Å². The number of aromatic amines is 1. The molecule has 20 heavy (non-hydrogen) atoms. The fourth-order valence-corrected chi connectivity index (χ4v) is 2.84. The van der Waals surface area contributed by atoms with E-state index in [2.05, 4.69) is 15.2 Å². The SMILES string of the molecule is Nc1n[nH]c(-c2cncs2)c1-c1ccc2c(c1)OCO2. The summed E-state index contributed by atoms with van der Waals surface area (Å²) in [6.07, 6.45) is 1.79. The predicted molar refractivity (Wildman–Crippen MR) is 75.7 cm³/mol. The largest absolute Gasteiger partial charge is 0.454 e. The first-order chi connectivity index (χ1) is 9.83. The molecule has 100 valence electrons. The highest BCUT2D eigenvalue weighted by atomic mass is 32.1. The molecule has 0 aliphatic carbocycles. The van der Waals surface area contributed by atoms with Crippen molar-refractivity contribution in [1.82, 2.24) is 15.2 Å². The van der Waals surface area contributed by atoms with Crippen LogP contribution in [0, 0.1) is 0 Å². The Bertz CT molecular complexity index is 767. The number of nitrogens with two attached hydrogens (primary N) is 1. The van der Waals surface area contributed by atoms with Crippen LogP contribution in [0.25, 0.3) is 21.7 Å². The Morgan fingerprint density at radius 2 is 2.15 bits per heavy atom. The molecule has 0 fully saturated rings. The van der Waals surface area contributed by atoms with Gasteiger partial charge in [-0.1, -0.05) is 6.07 Å². The molecule has 0 amide bonds. The van der Waals surface area contributed by atoms with Crippen LogP contribution in [0.1, 0.15) is 0 Å². The zero-order valence-corrected chi connectivity index (χ0v) is 11.1. The van der Waals surface area contributed by atoms with Crippen LogP contribution in [0.15, 0.2) is 29.9 Å². The third kappa shape index (κ3) is 1.64. The minimum absolute atomic E-state index is 0.251. The standard InChI is InChI=1S/C13H10N4O2S/c14-13-11(12(16-17-13)10-4-15-5-20-10)7-1-2-8-9(3-7)19-6-18-8/h1-5H,6H2,(H3,14,16,17). The molecular weight excluding hydrogens is 276 g/mol. The number of aromatic nitrogens is 3. The van der Waals surface area contributed by atoms with Gasteiger partial charge in [-0.25, -0.2) is 0 Å². The molecule has 0 saturated carbocycles. The van der Waals surface area contributed by atoms with Crippen molar-refractivity contribution in [2.24, 2.45) is 0 Å². The maximum absolute atomic E-state index is 5.99. The fraction of sp³-hybridized carbons (Fsp3) is 0.0769. The Kier molecular flexibility index (Phi) is 2.40. The monoisotopic (exact) mass is 286 g/mol. The maximum atomic E-state index is 5.99. The van der Waals surface area contributed by atoms with Crippen molar-refractivity contribution in [2.75, 3.05) is 12.5 Å². The number of ether oxygens (including phenoxy) is 2. The first-order valence-electron chi connectivity index (χ1n) is 5.95. The van der Waals surface area contributed by atoms with Crippen molar-refractivity contribution < 1.29 is 9.47 Å². The highest BCUT2D eigenvalue weighted by Gasteiger charge is 2.19. The summed E-state index contributed by atoms with van der Waals surface area (Å²) in [4.78, 5) is 5.07. The molecule has 2 aromatic heterocycles. The molecule has 0 saturated heterocycles. The van der Waals surface area contributed by atoms with Crippen LogP contribution < -0.4 is 15.2 Å². The van der Waals surface area contributed by atoms with Gasteiger partial charge in [0, 0.05) is 6.20 Å². The van der Waals surface area contributed by atoms with E-state index in [1.807, 2.05) is 18.2 Å². The van der Waals surface area contributed by atoms with E-state index in [1.54, 1.807) is 11.7 Å². The van der Waals surface area contributed by atoms with E-state index in [0.29, 0.717) is 5.82 Å². The summed E-state index contributed by atoms with van der Waals surface area (Å²) >= 11 is 1.53. The molecule has 1 aliphatic heterocycles. The van der Waals surface area contributed by atoms with Crippen LogP contribution in [0.3, 0.4) is 0 Å². The molecule has 3 heterocycles. The van der Waals surface area contributed by atoms with Gasteiger partial charge in [0.05, 0.1) is 21.6 Å². The number of H-pyrrole nitrogens is 1. The molecule has 6 nitrogen and oxygen atoms in total. The number of anilines is 1. The zero-order chi connectivity index (χ0) is 13.5. The Balaban J connectivity index is 1.88. The molecule has 0 radical (unpaired) electrons. The van der Waals surface area contributed by atoms with Crippen LogP contribution in [-0.2, 0) is 0 Å². The lowest BCUT2D eigenvalue weighted by atomic mass is 10.0. The molecule has 3 N–H and O–H groups in total. The summed E-state index contributed by atoms with van der Waals surface area (Å²) in [5, 5.41) is 7.07. The summed E-state index contributed by atoms with van der Waals surface area (Å²) in [5.74, 6) is 1.92. The van der Waals surface area contributed by atoms with Crippen molar-refractivity contribution in [3.05, 3.63) is 29.9 Å². The van der Waals surface area contributed by atoms with Crippen molar-refractivity contribution in [3.8, 4) is 33.2 Å². The van der Waals surface area contributed by atoms with Gasteiger partial charge in [-0.2, -0.15) is 5.10 Å². The molecular formula is C13H10N4O2S. The maximum Gasteiger partial charge on any atom is 0.231 e. The van der Waals surface area contributed by atoms with Gasteiger partial charge in [0.15, 0.2) is 17.3 Å². The lowest BCUT2D eigenvalue weighted by molar-refractivity contribution is 0.174. The molecule has 0 atom stereocenters. The second-order valence-corrected chi connectivity index (χ2v) is 5.18. The van der Waals surface area contributed by atoms with E-state index < -0.39 is 0 Å². The molecule has 0 unspecified atom stereocenters. The summed E-state index contributed by atoms with van der Waals surface area (Å²) in [7, 11) is 0. The van der Waals surface area contributed by atoms with Gasteiger partial charge in [0.1, 0.15) is 0 Å². The molecule has 3 aromatic rings. The summed E-state index contributed by atoms with van der Waals surface area (Å²) in [6, 6.07) is 5.73. The van der Waals surface area contributed by atoms with Crippen LogP contribution in [0.5, 0.6) is 11.5 Å². The minimum Gasteiger partial charge on any atom is -0.454 e. The zero-order valence-electron chi connectivity index (χ0n) is 10.3. The molecule has 4 rings (SSSR count). The Labute approximate surface area is 118 Å². The smallest absolute Gasteiger partial charge is 0.231 e. The Hall–Kier alpha value is -2.54. The highest BCUT2D eigenvalue weighted by Crippen LogP contribution is 2.41. The average Bonchev–Trinajstić information content (AvgIpc) is 3.17. The van der Waals surface area contributed by atoms with Crippen molar-refractivity contribution >= 4 is 17.2 Å². The van der Waals surface area contributed by atoms with Crippen molar-refractivity contribution in [3.63, 3.8) is 0 Å². The normalized spacial score (nSPS) is 12.8. The van der Waals surface area contributed by atoms with E-state index >= 15 is 0 Å². The number of nitrogens with zero attached hydrogens (tertiary/aromatic N) is 2. The van der Waals surface area contributed by atoms with E-state index in [-0.39, 0.29) is 6.79 Å². The lowest BCUT2D eigenvalue weighted by Gasteiger charge is -2.04. The van der Waals surface area contributed by atoms with Crippen molar-refractivity contribution in [2.45, 2.75) is 0 Å². The van der Waals surface area contributed by atoms with E-state index in [9.17, 15) is 0 Å². The predicted octanol–water partition coefficient (Wildman–Crippen LogP) is 2.51. The first kappa shape index (κ1) is 11.3. The second kappa shape index (κ2) is 4.24. The van der Waals surface area contributed by atoms with E-state index in [0.717, 1.165) is 33.2 Å². The Morgan fingerprint density at radius 3 is 3.00 bits per heavy atom.